The molecule has 0 saturated carbocycles. The third kappa shape index (κ3) is 4.50. The average molecular weight is 425 g/mol. The van der Waals surface area contributed by atoms with Crippen molar-refractivity contribution in [3.8, 4) is 22.7 Å². The summed E-state index contributed by atoms with van der Waals surface area (Å²) >= 11 is 6.47. The predicted molar refractivity (Wildman–Crippen MR) is 118 cm³/mol. The van der Waals surface area contributed by atoms with E-state index in [4.69, 9.17) is 21.4 Å². The van der Waals surface area contributed by atoms with E-state index >= 15 is 0 Å². The molecule has 2 aromatic carbocycles. The molecule has 0 spiro atoms. The maximum absolute atomic E-state index is 12.3. The van der Waals surface area contributed by atoms with Crippen LogP contribution in [-0.2, 0) is 11.3 Å². The van der Waals surface area contributed by atoms with Gasteiger partial charge in [-0.05, 0) is 49.6 Å². The van der Waals surface area contributed by atoms with Crippen LogP contribution >= 0.6 is 11.6 Å². The van der Waals surface area contributed by atoms with Crippen LogP contribution in [0.15, 0.2) is 54.7 Å². The van der Waals surface area contributed by atoms with E-state index in [-0.39, 0.29) is 11.9 Å². The van der Waals surface area contributed by atoms with Crippen LogP contribution in [0.25, 0.3) is 16.9 Å². The smallest absolute Gasteiger partial charge is 0.237 e. The summed E-state index contributed by atoms with van der Waals surface area (Å²) < 4.78 is 7.09. The Labute approximate surface area is 181 Å². The number of nitrogens with one attached hydrogen (secondary N) is 2. The van der Waals surface area contributed by atoms with Crippen LogP contribution in [0.3, 0.4) is 0 Å². The highest BCUT2D eigenvalue weighted by atomic mass is 35.5. The van der Waals surface area contributed by atoms with Crippen LogP contribution < -0.4 is 15.4 Å². The summed E-state index contributed by atoms with van der Waals surface area (Å²) in [7, 11) is 1.64. The van der Waals surface area contributed by atoms with E-state index in [0.29, 0.717) is 11.6 Å². The second kappa shape index (κ2) is 9.32. The first-order chi connectivity index (χ1) is 14.7. The number of benzene rings is 2. The topological polar surface area (TPSA) is 68.2 Å². The summed E-state index contributed by atoms with van der Waals surface area (Å²) in [5.41, 5.74) is 3.57. The molecule has 4 rings (SSSR count). The van der Waals surface area contributed by atoms with Crippen molar-refractivity contribution < 1.29 is 9.53 Å². The molecule has 1 aliphatic heterocycles. The number of carbonyl (C=O) groups excluding carboxylic acids is 1. The van der Waals surface area contributed by atoms with Crippen molar-refractivity contribution in [2.45, 2.75) is 31.8 Å². The summed E-state index contributed by atoms with van der Waals surface area (Å²) in [6.45, 7) is 1.27. The van der Waals surface area contributed by atoms with Crippen molar-refractivity contribution in [1.29, 1.82) is 0 Å². The van der Waals surface area contributed by atoms with Crippen LogP contribution in [-0.4, -0.2) is 35.4 Å². The van der Waals surface area contributed by atoms with E-state index in [0.717, 1.165) is 54.1 Å². The maximum atomic E-state index is 12.3. The number of aromatic nitrogens is 2. The Morgan fingerprint density at radius 1 is 1.20 bits per heavy atom. The number of ether oxygens (including phenoxy) is 1. The van der Waals surface area contributed by atoms with Crippen molar-refractivity contribution in [2.75, 3.05) is 13.7 Å². The van der Waals surface area contributed by atoms with E-state index in [9.17, 15) is 4.79 Å². The Bertz CT molecular complexity index is 1020. The van der Waals surface area contributed by atoms with Crippen LogP contribution in [0.5, 0.6) is 5.75 Å². The molecule has 2 heterocycles. The highest BCUT2D eigenvalue weighted by Crippen LogP contribution is 2.30. The molecule has 0 aliphatic carbocycles. The van der Waals surface area contributed by atoms with Gasteiger partial charge in [-0.15, -0.1) is 0 Å². The minimum atomic E-state index is -0.198. The summed E-state index contributed by atoms with van der Waals surface area (Å²) in [5, 5.41) is 11.8. The second-order valence-corrected chi connectivity index (χ2v) is 7.75. The molecule has 0 unspecified atom stereocenters. The van der Waals surface area contributed by atoms with Gasteiger partial charge in [0.05, 0.1) is 29.6 Å². The zero-order chi connectivity index (χ0) is 20.9. The third-order valence-corrected chi connectivity index (χ3v) is 5.66. The molecule has 7 heteroatoms. The lowest BCUT2D eigenvalue weighted by molar-refractivity contribution is -0.122. The molecule has 0 bridgehead atoms. The van der Waals surface area contributed by atoms with Gasteiger partial charge in [0.1, 0.15) is 5.75 Å². The molecule has 3 aromatic rings. The number of amides is 1. The van der Waals surface area contributed by atoms with Crippen molar-refractivity contribution >= 4 is 17.5 Å². The second-order valence-electron chi connectivity index (χ2n) is 7.35. The lowest BCUT2D eigenvalue weighted by atomic mass is 10.1. The number of halogens is 1. The van der Waals surface area contributed by atoms with Crippen LogP contribution in [0.4, 0.5) is 0 Å². The Morgan fingerprint density at radius 3 is 2.77 bits per heavy atom. The number of methoxy groups -OCH3 is 1. The van der Waals surface area contributed by atoms with Gasteiger partial charge in [0.2, 0.25) is 5.91 Å². The quantitative estimate of drug-likeness (QED) is 0.628. The fourth-order valence-corrected chi connectivity index (χ4v) is 3.88. The molecule has 1 fully saturated rings. The first-order valence-electron chi connectivity index (χ1n) is 10.1. The van der Waals surface area contributed by atoms with Gasteiger partial charge in [0, 0.05) is 30.4 Å². The molecule has 6 nitrogen and oxygen atoms in total. The fourth-order valence-electron chi connectivity index (χ4n) is 3.65. The molecule has 1 aliphatic rings. The molecule has 1 aromatic heterocycles. The van der Waals surface area contributed by atoms with Gasteiger partial charge in [-0.2, -0.15) is 5.10 Å². The monoisotopic (exact) mass is 424 g/mol. The summed E-state index contributed by atoms with van der Waals surface area (Å²) in [5.74, 6) is 0.854. The first-order valence-corrected chi connectivity index (χ1v) is 10.5. The van der Waals surface area contributed by atoms with Gasteiger partial charge in [0.25, 0.3) is 0 Å². The molecule has 0 radical (unpaired) electrons. The van der Waals surface area contributed by atoms with Gasteiger partial charge >= 0.3 is 0 Å². The molecule has 30 heavy (non-hydrogen) atoms. The first kappa shape index (κ1) is 20.4. The zero-order valence-electron chi connectivity index (χ0n) is 16.9. The van der Waals surface area contributed by atoms with E-state index in [2.05, 4.69) is 10.6 Å². The van der Waals surface area contributed by atoms with Crippen LogP contribution in [0.2, 0.25) is 5.02 Å². The summed E-state index contributed by atoms with van der Waals surface area (Å²) in [4.78, 5) is 12.3. The lowest BCUT2D eigenvalue weighted by Gasteiger charge is -2.15. The van der Waals surface area contributed by atoms with E-state index in [1.165, 1.54) is 0 Å². The Hall–Kier alpha value is -2.83. The van der Waals surface area contributed by atoms with Gasteiger partial charge in [0.15, 0.2) is 0 Å². The number of hydrogen-bond donors (Lipinski definition) is 2. The number of hydrogen-bond acceptors (Lipinski definition) is 4. The number of nitrogens with zero attached hydrogens (tertiary/aromatic N) is 2. The third-order valence-electron chi connectivity index (χ3n) is 5.33. The zero-order valence-corrected chi connectivity index (χ0v) is 17.7. The van der Waals surface area contributed by atoms with Crippen molar-refractivity contribution in [3.05, 3.63) is 65.3 Å². The van der Waals surface area contributed by atoms with Crippen LogP contribution in [0, 0.1) is 0 Å². The molecular weight excluding hydrogens is 400 g/mol. The van der Waals surface area contributed by atoms with Gasteiger partial charge in [-0.1, -0.05) is 29.8 Å². The number of carbonyl (C=O) groups is 1. The fraction of sp³-hybridized carbons (Fsp3) is 0.304. The molecule has 2 N–H and O–H groups in total. The normalized spacial score (nSPS) is 16.7. The standard InChI is InChI=1S/C23H25ClN4O2/c1-30-18-11-9-17(10-12-18)28-15-16(14-26-21-8-4-5-13-25-23(21)29)22(27-28)19-6-2-3-7-20(19)24/h2-3,6-7,9-12,15,21,26H,4-5,8,13-14H2,1H3,(H,25,29)/t21-/m0/s1. The highest BCUT2D eigenvalue weighted by Gasteiger charge is 2.22. The van der Waals surface area contributed by atoms with Crippen LogP contribution in [0.1, 0.15) is 24.8 Å². The van der Waals surface area contributed by atoms with E-state index < -0.39 is 0 Å². The maximum Gasteiger partial charge on any atom is 0.237 e. The SMILES string of the molecule is COc1ccc(-n2cc(CN[C@H]3CCCCNC3=O)c(-c3ccccc3Cl)n2)cc1. The van der Waals surface area contributed by atoms with Crippen molar-refractivity contribution in [1.82, 2.24) is 20.4 Å². The van der Waals surface area contributed by atoms with Gasteiger partial charge in [-0.25, -0.2) is 4.68 Å². The van der Waals surface area contributed by atoms with E-state index in [1.807, 2.05) is 59.4 Å². The predicted octanol–water partition coefficient (Wildman–Crippen LogP) is 3.96. The summed E-state index contributed by atoms with van der Waals surface area (Å²) in [6, 6.07) is 15.2. The number of rotatable bonds is 6. The lowest BCUT2D eigenvalue weighted by Crippen LogP contribution is -2.42. The Kier molecular flexibility index (Phi) is 6.35. The molecule has 1 amide bonds. The average Bonchev–Trinajstić information content (AvgIpc) is 3.08. The Balaban J connectivity index is 1.65. The van der Waals surface area contributed by atoms with Crippen molar-refractivity contribution in [3.63, 3.8) is 0 Å². The van der Waals surface area contributed by atoms with Gasteiger partial charge < -0.3 is 15.4 Å². The van der Waals surface area contributed by atoms with E-state index in [1.54, 1.807) is 7.11 Å². The molecule has 1 atom stereocenters. The van der Waals surface area contributed by atoms with Crippen molar-refractivity contribution in [2.24, 2.45) is 0 Å². The Morgan fingerprint density at radius 2 is 2.00 bits per heavy atom. The molecule has 1 saturated heterocycles. The minimum absolute atomic E-state index is 0.0642. The highest BCUT2D eigenvalue weighted by molar-refractivity contribution is 6.33. The molecule has 156 valence electrons. The summed E-state index contributed by atoms with van der Waals surface area (Å²) in [6.07, 6.45) is 4.87. The van der Waals surface area contributed by atoms with Gasteiger partial charge in [-0.3, -0.25) is 4.79 Å². The molecular formula is C23H25ClN4O2. The minimum Gasteiger partial charge on any atom is -0.497 e. The largest absolute Gasteiger partial charge is 0.497 e.